The zero-order valence-electron chi connectivity index (χ0n) is 13.4. The Balaban J connectivity index is 0.000000399. The van der Waals surface area contributed by atoms with Crippen molar-refractivity contribution in [2.24, 2.45) is 0 Å². The molecule has 0 radical (unpaired) electrons. The van der Waals surface area contributed by atoms with E-state index in [9.17, 15) is 0 Å². The van der Waals surface area contributed by atoms with E-state index in [1.165, 1.54) is 0 Å². The van der Waals surface area contributed by atoms with E-state index in [0.29, 0.717) is 5.95 Å². The Hall–Kier alpha value is -2.81. The van der Waals surface area contributed by atoms with Crippen molar-refractivity contribution in [2.75, 3.05) is 5.32 Å². The van der Waals surface area contributed by atoms with E-state index in [2.05, 4.69) is 15.3 Å². The lowest BCUT2D eigenvalue weighted by molar-refractivity contribution is 0.381. The summed E-state index contributed by atoms with van der Waals surface area (Å²) in [5.41, 5.74) is 3.94. The quantitative estimate of drug-likeness (QED) is 0.613. The first-order valence-electron chi connectivity index (χ1n) is 7.24. The van der Waals surface area contributed by atoms with Crippen molar-refractivity contribution < 1.29 is 17.5 Å². The molecule has 0 amide bonds. The number of para-hydroxylation sites is 1. The third-order valence-corrected chi connectivity index (χ3v) is 2.95. The molecule has 7 nitrogen and oxygen atoms in total. The first-order chi connectivity index (χ1) is 11.8. The van der Waals surface area contributed by atoms with Gasteiger partial charge in [0.15, 0.2) is 0 Å². The maximum absolute atomic E-state index is 8.74. The van der Waals surface area contributed by atoms with Crippen LogP contribution < -0.4 is 5.32 Å². The molecule has 1 heterocycles. The second kappa shape index (κ2) is 8.34. The molecule has 0 aliphatic heterocycles. The molecule has 1 aromatic heterocycles. The summed E-state index contributed by atoms with van der Waals surface area (Å²) in [6, 6.07) is 22.0. The third-order valence-electron chi connectivity index (χ3n) is 2.95. The SMILES string of the molecule is Cc1cc(-c2ccccc2)nc(Nc2ccccc2)n1.O=S(=O)(O)O. The van der Waals surface area contributed by atoms with Crippen LogP contribution >= 0.6 is 0 Å². The maximum atomic E-state index is 8.74. The number of aryl methyl sites for hydroxylation is 1. The smallest absolute Gasteiger partial charge is 0.324 e. The van der Waals surface area contributed by atoms with Gasteiger partial charge in [-0.1, -0.05) is 48.5 Å². The molecule has 8 heteroatoms. The summed E-state index contributed by atoms with van der Waals surface area (Å²) in [5.74, 6) is 0.620. The second-order valence-corrected chi connectivity index (χ2v) is 5.92. The molecule has 25 heavy (non-hydrogen) atoms. The lowest BCUT2D eigenvalue weighted by Gasteiger charge is -2.08. The van der Waals surface area contributed by atoms with Gasteiger partial charge in [0.05, 0.1) is 5.69 Å². The molecule has 3 aromatic rings. The predicted octanol–water partition coefficient (Wildman–Crippen LogP) is 3.54. The first-order valence-corrected chi connectivity index (χ1v) is 8.64. The van der Waals surface area contributed by atoms with Crippen molar-refractivity contribution in [3.8, 4) is 11.3 Å². The minimum absolute atomic E-state index is 0.620. The van der Waals surface area contributed by atoms with Crippen molar-refractivity contribution >= 4 is 22.0 Å². The van der Waals surface area contributed by atoms with Gasteiger partial charge >= 0.3 is 10.4 Å². The summed E-state index contributed by atoms with van der Waals surface area (Å²) in [6.07, 6.45) is 0. The number of rotatable bonds is 3. The lowest BCUT2D eigenvalue weighted by Crippen LogP contribution is -1.99. The van der Waals surface area contributed by atoms with E-state index >= 15 is 0 Å². The largest absolute Gasteiger partial charge is 0.394 e. The highest BCUT2D eigenvalue weighted by atomic mass is 32.3. The van der Waals surface area contributed by atoms with Crippen LogP contribution in [0, 0.1) is 6.92 Å². The summed E-state index contributed by atoms with van der Waals surface area (Å²) in [6.45, 7) is 1.98. The Morgan fingerprint density at radius 1 is 0.880 bits per heavy atom. The van der Waals surface area contributed by atoms with Gasteiger partial charge in [-0.05, 0) is 25.1 Å². The Bertz CT molecular complexity index is 909. The minimum Gasteiger partial charge on any atom is -0.324 e. The van der Waals surface area contributed by atoms with Crippen molar-refractivity contribution in [3.05, 3.63) is 72.4 Å². The summed E-state index contributed by atoms with van der Waals surface area (Å²) in [5, 5.41) is 3.23. The summed E-state index contributed by atoms with van der Waals surface area (Å²) >= 11 is 0. The normalized spacial score (nSPS) is 10.5. The van der Waals surface area contributed by atoms with Gasteiger partial charge in [-0.3, -0.25) is 9.11 Å². The highest BCUT2D eigenvalue weighted by Gasteiger charge is 2.04. The number of nitrogens with zero attached hydrogens (tertiary/aromatic N) is 2. The highest BCUT2D eigenvalue weighted by Crippen LogP contribution is 2.20. The molecule has 0 aliphatic carbocycles. The molecule has 2 aromatic carbocycles. The van der Waals surface area contributed by atoms with E-state index in [1.807, 2.05) is 73.7 Å². The molecule has 0 saturated carbocycles. The maximum Gasteiger partial charge on any atom is 0.394 e. The van der Waals surface area contributed by atoms with Crippen molar-refractivity contribution in [2.45, 2.75) is 6.92 Å². The number of anilines is 2. The van der Waals surface area contributed by atoms with Crippen molar-refractivity contribution in [1.29, 1.82) is 0 Å². The van der Waals surface area contributed by atoms with Crippen LogP contribution in [0.1, 0.15) is 5.69 Å². The summed E-state index contributed by atoms with van der Waals surface area (Å²) in [4.78, 5) is 9.01. The van der Waals surface area contributed by atoms with E-state index < -0.39 is 10.4 Å². The van der Waals surface area contributed by atoms with Crippen LogP contribution in [0.3, 0.4) is 0 Å². The molecule has 3 N–H and O–H groups in total. The molecule has 130 valence electrons. The van der Waals surface area contributed by atoms with Crippen molar-refractivity contribution in [3.63, 3.8) is 0 Å². The number of hydrogen-bond donors (Lipinski definition) is 3. The van der Waals surface area contributed by atoms with Crippen LogP contribution in [0.5, 0.6) is 0 Å². The Morgan fingerprint density at radius 2 is 1.40 bits per heavy atom. The molecule has 0 bridgehead atoms. The van der Waals surface area contributed by atoms with Gasteiger partial charge in [-0.25, -0.2) is 9.97 Å². The van der Waals surface area contributed by atoms with Gasteiger partial charge in [-0.15, -0.1) is 0 Å². The number of aromatic nitrogens is 2. The molecule has 0 aliphatic rings. The second-order valence-electron chi connectivity index (χ2n) is 5.02. The predicted molar refractivity (Wildman–Crippen MR) is 96.1 cm³/mol. The number of hydrogen-bond acceptors (Lipinski definition) is 5. The fourth-order valence-electron chi connectivity index (χ4n) is 2.03. The zero-order valence-corrected chi connectivity index (χ0v) is 14.2. The standard InChI is InChI=1S/C17H15N3.H2O4S/c1-13-12-16(14-8-4-2-5-9-14)20-17(18-13)19-15-10-6-3-7-11-15;1-5(2,3)4/h2-12H,1H3,(H,18,19,20);(H2,1,2,3,4). The highest BCUT2D eigenvalue weighted by molar-refractivity contribution is 7.79. The Kier molecular flexibility index (Phi) is 6.18. The number of benzene rings is 2. The minimum atomic E-state index is -4.67. The van der Waals surface area contributed by atoms with E-state index in [4.69, 9.17) is 17.5 Å². The van der Waals surface area contributed by atoms with Crippen LogP contribution in [-0.4, -0.2) is 27.5 Å². The van der Waals surface area contributed by atoms with Gasteiger partial charge in [0.1, 0.15) is 0 Å². The number of nitrogens with one attached hydrogen (secondary N) is 1. The Morgan fingerprint density at radius 3 is 1.96 bits per heavy atom. The first kappa shape index (κ1) is 18.5. The fraction of sp³-hybridized carbons (Fsp3) is 0.0588. The van der Waals surface area contributed by atoms with Gasteiger partial charge in [0, 0.05) is 16.9 Å². The van der Waals surface area contributed by atoms with Crippen LogP contribution in [-0.2, 0) is 10.4 Å². The average Bonchev–Trinajstić information content (AvgIpc) is 2.54. The zero-order chi connectivity index (χ0) is 18.3. The Labute approximate surface area is 146 Å². The molecule has 0 saturated heterocycles. The molecule has 0 fully saturated rings. The van der Waals surface area contributed by atoms with Crippen LogP contribution in [0.25, 0.3) is 11.3 Å². The van der Waals surface area contributed by atoms with Crippen molar-refractivity contribution in [1.82, 2.24) is 9.97 Å². The molecular weight excluding hydrogens is 342 g/mol. The molecule has 0 atom stereocenters. The summed E-state index contributed by atoms with van der Waals surface area (Å²) in [7, 11) is -4.67. The average molecular weight is 359 g/mol. The van der Waals surface area contributed by atoms with E-state index in [1.54, 1.807) is 0 Å². The molecular formula is C17H17N3O4S. The summed E-state index contributed by atoms with van der Waals surface area (Å²) < 4.78 is 31.6. The van der Waals surface area contributed by atoms with Crippen LogP contribution in [0.15, 0.2) is 66.7 Å². The van der Waals surface area contributed by atoms with Gasteiger partial charge in [0.2, 0.25) is 5.95 Å². The van der Waals surface area contributed by atoms with E-state index in [-0.39, 0.29) is 0 Å². The van der Waals surface area contributed by atoms with Crippen LogP contribution in [0.4, 0.5) is 11.6 Å². The third kappa shape index (κ3) is 7.08. The lowest BCUT2D eigenvalue weighted by atomic mass is 10.1. The van der Waals surface area contributed by atoms with Crippen LogP contribution in [0.2, 0.25) is 0 Å². The fourth-order valence-corrected chi connectivity index (χ4v) is 2.03. The van der Waals surface area contributed by atoms with Gasteiger partial charge in [0.25, 0.3) is 0 Å². The van der Waals surface area contributed by atoms with E-state index in [0.717, 1.165) is 22.6 Å². The van der Waals surface area contributed by atoms with Gasteiger partial charge < -0.3 is 5.32 Å². The topological polar surface area (TPSA) is 112 Å². The molecule has 0 unspecified atom stereocenters. The molecule has 0 spiro atoms. The molecule has 3 rings (SSSR count). The monoisotopic (exact) mass is 359 g/mol. The van der Waals surface area contributed by atoms with Gasteiger partial charge in [-0.2, -0.15) is 8.42 Å².